The van der Waals surface area contributed by atoms with Gasteiger partial charge in [-0.3, -0.25) is 10.1 Å². The molecule has 0 saturated carbocycles. The number of hydrogen-bond donors (Lipinski definition) is 2. The monoisotopic (exact) mass is 314 g/mol. The van der Waals surface area contributed by atoms with E-state index in [0.29, 0.717) is 5.56 Å². The highest BCUT2D eigenvalue weighted by Gasteiger charge is 2.22. The topological polar surface area (TPSA) is 95.9 Å². The smallest absolute Gasteiger partial charge is 0.338 e. The lowest BCUT2D eigenvalue weighted by Gasteiger charge is -2.16. The maximum Gasteiger partial charge on any atom is 0.338 e. The van der Waals surface area contributed by atoms with Crippen LogP contribution in [0, 0.1) is 13.8 Å². The number of nitrogens with one attached hydrogen (secondary N) is 1. The fourth-order valence-corrected chi connectivity index (χ4v) is 2.68. The molecule has 0 aliphatic heterocycles. The van der Waals surface area contributed by atoms with Gasteiger partial charge < -0.3 is 14.7 Å². The zero-order valence-electron chi connectivity index (χ0n) is 12.3. The molecule has 1 aromatic rings. The van der Waals surface area contributed by atoms with Gasteiger partial charge in [0.05, 0.1) is 12.2 Å². The summed E-state index contributed by atoms with van der Waals surface area (Å²) in [7, 11) is 1.43. The average molecular weight is 314 g/mol. The summed E-state index contributed by atoms with van der Waals surface area (Å²) in [6.07, 6.45) is 0. The molecule has 0 unspecified atom stereocenters. The normalized spacial score (nSPS) is 10.1. The lowest BCUT2D eigenvalue weighted by atomic mass is 10.1. The van der Waals surface area contributed by atoms with Gasteiger partial charge in [0.25, 0.3) is 0 Å². The molecule has 0 aliphatic rings. The number of aromatic carboxylic acids is 1. The van der Waals surface area contributed by atoms with E-state index >= 15 is 0 Å². The number of amides is 2. The van der Waals surface area contributed by atoms with Crippen molar-refractivity contribution < 1.29 is 24.2 Å². The molecule has 0 atom stereocenters. The zero-order valence-corrected chi connectivity index (χ0v) is 13.2. The number of rotatable bonds is 5. The first-order chi connectivity index (χ1) is 9.77. The summed E-state index contributed by atoms with van der Waals surface area (Å²) >= 11 is 1.19. The first-order valence-corrected chi connectivity index (χ1v) is 7.10. The summed E-state index contributed by atoms with van der Waals surface area (Å²) in [5.41, 5.74) is 0.700. The first-order valence-electron chi connectivity index (χ1n) is 6.28. The van der Waals surface area contributed by atoms with Crippen LogP contribution in [0.2, 0.25) is 0 Å². The number of carboxylic acids is 1. The van der Waals surface area contributed by atoms with Gasteiger partial charge in [-0.1, -0.05) is 0 Å². The molecule has 1 rings (SSSR count). The van der Waals surface area contributed by atoms with Crippen LogP contribution < -0.4 is 5.32 Å². The summed E-state index contributed by atoms with van der Waals surface area (Å²) < 4.78 is 4.75. The predicted octanol–water partition coefficient (Wildman–Crippen LogP) is 2.09. The van der Waals surface area contributed by atoms with Crippen LogP contribution in [0.15, 0.2) is 0 Å². The lowest BCUT2D eigenvalue weighted by Crippen LogP contribution is -2.36. The fraction of sp³-hybridized carbons (Fsp3) is 0.462. The summed E-state index contributed by atoms with van der Waals surface area (Å²) in [6, 6.07) is -0.563. The number of anilines is 1. The molecule has 2 amide bonds. The second-order valence-electron chi connectivity index (χ2n) is 4.38. The third-order valence-electron chi connectivity index (χ3n) is 2.84. The van der Waals surface area contributed by atoms with Crippen molar-refractivity contribution >= 4 is 34.3 Å². The van der Waals surface area contributed by atoms with Crippen LogP contribution in [-0.2, 0) is 9.53 Å². The van der Waals surface area contributed by atoms with Crippen LogP contribution in [0.5, 0.6) is 0 Å². The van der Waals surface area contributed by atoms with E-state index in [-0.39, 0.29) is 23.7 Å². The number of carboxylic acid groups (broad SMARTS) is 1. The molecule has 0 bridgehead atoms. The Balaban J connectivity index is 2.82. The molecule has 21 heavy (non-hydrogen) atoms. The largest absolute Gasteiger partial charge is 0.478 e. The van der Waals surface area contributed by atoms with E-state index in [2.05, 4.69) is 5.32 Å². The van der Waals surface area contributed by atoms with E-state index in [1.54, 1.807) is 20.8 Å². The molecule has 8 heteroatoms. The van der Waals surface area contributed by atoms with Crippen molar-refractivity contribution in [2.24, 2.45) is 0 Å². The Morgan fingerprint density at radius 3 is 2.48 bits per heavy atom. The summed E-state index contributed by atoms with van der Waals surface area (Å²) in [5.74, 6) is -1.62. The molecule has 0 spiro atoms. The van der Waals surface area contributed by atoms with Gasteiger partial charge in [-0.2, -0.15) is 0 Å². The number of aryl methyl sites for hydroxylation is 1. The third-order valence-corrected chi connectivity index (χ3v) is 3.96. The number of hydrogen-bond acceptors (Lipinski definition) is 5. The zero-order chi connectivity index (χ0) is 16.2. The van der Waals surface area contributed by atoms with Gasteiger partial charge in [0.1, 0.15) is 11.5 Å². The Hall–Kier alpha value is -2.09. The van der Waals surface area contributed by atoms with Crippen LogP contribution in [0.25, 0.3) is 0 Å². The van der Waals surface area contributed by atoms with Gasteiger partial charge >= 0.3 is 18.0 Å². The summed E-state index contributed by atoms with van der Waals surface area (Å²) in [5, 5.41) is 12.0. The Morgan fingerprint density at radius 1 is 1.33 bits per heavy atom. The summed E-state index contributed by atoms with van der Waals surface area (Å²) in [4.78, 5) is 36.5. The molecule has 0 aliphatic carbocycles. The van der Waals surface area contributed by atoms with Crippen molar-refractivity contribution in [3.63, 3.8) is 0 Å². The van der Waals surface area contributed by atoms with Crippen LogP contribution in [0.4, 0.5) is 9.80 Å². The van der Waals surface area contributed by atoms with Crippen molar-refractivity contribution in [3.05, 3.63) is 16.0 Å². The minimum Gasteiger partial charge on any atom is -0.478 e. The van der Waals surface area contributed by atoms with E-state index < -0.39 is 18.0 Å². The molecule has 0 saturated heterocycles. The Bertz CT molecular complexity index is 567. The van der Waals surface area contributed by atoms with Crippen molar-refractivity contribution in [2.75, 3.05) is 25.5 Å². The lowest BCUT2D eigenvalue weighted by molar-refractivity contribution is -0.143. The van der Waals surface area contributed by atoms with Crippen molar-refractivity contribution in [2.45, 2.75) is 20.8 Å². The molecule has 1 heterocycles. The first kappa shape index (κ1) is 17.0. The highest BCUT2D eigenvalue weighted by molar-refractivity contribution is 7.16. The average Bonchev–Trinajstić information content (AvgIpc) is 2.64. The van der Waals surface area contributed by atoms with Gasteiger partial charge in [-0.15, -0.1) is 11.3 Å². The van der Waals surface area contributed by atoms with Crippen molar-refractivity contribution in [1.82, 2.24) is 4.90 Å². The number of urea groups is 1. The molecule has 0 fully saturated rings. The summed E-state index contributed by atoms with van der Waals surface area (Å²) in [6.45, 7) is 5.18. The SMILES string of the molecule is CCOC(=O)CN(C)C(=O)Nc1sc(C)c(C)c1C(=O)O. The molecule has 7 nitrogen and oxygen atoms in total. The number of likely N-dealkylation sites (N-methyl/N-ethyl adjacent to an activating group) is 1. The predicted molar refractivity (Wildman–Crippen MR) is 79.0 cm³/mol. The molecular weight excluding hydrogens is 296 g/mol. The van der Waals surface area contributed by atoms with E-state index in [1.807, 2.05) is 0 Å². The highest BCUT2D eigenvalue weighted by atomic mass is 32.1. The molecule has 1 aromatic heterocycles. The van der Waals surface area contributed by atoms with Crippen molar-refractivity contribution in [1.29, 1.82) is 0 Å². The minimum absolute atomic E-state index is 0.0791. The van der Waals surface area contributed by atoms with Gasteiger partial charge in [0.2, 0.25) is 0 Å². The third kappa shape index (κ3) is 4.19. The second-order valence-corrected chi connectivity index (χ2v) is 5.61. The van der Waals surface area contributed by atoms with Gasteiger partial charge in [-0.25, -0.2) is 9.59 Å². The van der Waals surface area contributed by atoms with Gasteiger partial charge in [0, 0.05) is 11.9 Å². The van der Waals surface area contributed by atoms with Gasteiger partial charge in [-0.05, 0) is 26.3 Å². The molecular formula is C13H18N2O5S. The number of carbonyl (C=O) groups excluding carboxylic acids is 2. The number of esters is 1. The van der Waals surface area contributed by atoms with Crippen LogP contribution in [0.3, 0.4) is 0 Å². The number of thiophene rings is 1. The van der Waals surface area contributed by atoms with Crippen LogP contribution in [-0.4, -0.2) is 48.2 Å². The van der Waals surface area contributed by atoms with Crippen LogP contribution >= 0.6 is 11.3 Å². The quantitative estimate of drug-likeness (QED) is 0.811. The Labute approximate surface area is 126 Å². The molecule has 0 radical (unpaired) electrons. The van der Waals surface area contributed by atoms with E-state index in [9.17, 15) is 19.5 Å². The van der Waals surface area contributed by atoms with Crippen LogP contribution in [0.1, 0.15) is 27.7 Å². The van der Waals surface area contributed by atoms with Gasteiger partial charge in [0.15, 0.2) is 0 Å². The Morgan fingerprint density at radius 2 is 1.95 bits per heavy atom. The minimum atomic E-state index is -1.10. The second kappa shape index (κ2) is 7.07. The molecule has 0 aromatic carbocycles. The molecule has 2 N–H and O–H groups in total. The van der Waals surface area contributed by atoms with E-state index in [4.69, 9.17) is 4.74 Å². The van der Waals surface area contributed by atoms with E-state index in [1.165, 1.54) is 18.4 Å². The maximum absolute atomic E-state index is 12.0. The Kier molecular flexibility index (Phi) is 5.71. The highest BCUT2D eigenvalue weighted by Crippen LogP contribution is 2.32. The number of ether oxygens (including phenoxy) is 1. The van der Waals surface area contributed by atoms with E-state index in [0.717, 1.165) is 9.78 Å². The molecule has 116 valence electrons. The number of carbonyl (C=O) groups is 3. The van der Waals surface area contributed by atoms with Crippen molar-refractivity contribution in [3.8, 4) is 0 Å². The standard InChI is InChI=1S/C13H18N2O5S/c1-5-20-9(16)6-15(4)13(19)14-11-10(12(17)18)7(2)8(3)21-11/h5-6H2,1-4H3,(H,14,19)(H,17,18). The maximum atomic E-state index is 12.0. The number of nitrogens with zero attached hydrogens (tertiary/aromatic N) is 1. The fourth-order valence-electron chi connectivity index (χ4n) is 1.64.